The number of nitrogens with one attached hydrogen (secondary N) is 1. The minimum absolute atomic E-state index is 0.0326. The van der Waals surface area contributed by atoms with E-state index in [1.807, 2.05) is 31.2 Å². The second-order valence-corrected chi connectivity index (χ2v) is 8.80. The van der Waals surface area contributed by atoms with Gasteiger partial charge in [0, 0.05) is 18.7 Å². The molecule has 2 N–H and O–H groups in total. The number of hydrogen-bond acceptors (Lipinski definition) is 5. The van der Waals surface area contributed by atoms with Gasteiger partial charge in [0.15, 0.2) is 0 Å². The van der Waals surface area contributed by atoms with Gasteiger partial charge in [0.1, 0.15) is 0 Å². The summed E-state index contributed by atoms with van der Waals surface area (Å²) in [5.74, 6) is 0. The largest absolute Gasteiger partial charge is 0.396 e. The molecule has 0 aliphatic heterocycles. The van der Waals surface area contributed by atoms with Crippen molar-refractivity contribution in [1.29, 1.82) is 0 Å². The van der Waals surface area contributed by atoms with Crippen molar-refractivity contribution in [2.45, 2.75) is 25.4 Å². The Morgan fingerprint density at radius 1 is 1.04 bits per heavy atom. The SMILES string of the molecule is CC(CCO)(COS(C)(=O)=O)NCc1c2ccccc2cc2ccccc12. The standard InChI is InChI=1S/C21H25NO4S/c1-21(11-12-23,15-26-27(2,24)25)22-14-20-18-9-5-3-7-16(18)13-17-8-4-6-10-19(17)20/h3-10,13,22-23H,11-12,14-15H2,1-2H3. The molecule has 0 aliphatic rings. The van der Waals surface area contributed by atoms with Gasteiger partial charge in [-0.05, 0) is 46.5 Å². The monoisotopic (exact) mass is 387 g/mol. The number of aliphatic hydroxyl groups is 1. The van der Waals surface area contributed by atoms with Crippen molar-refractivity contribution in [3.63, 3.8) is 0 Å². The van der Waals surface area contributed by atoms with Crippen LogP contribution < -0.4 is 5.32 Å². The molecule has 0 spiro atoms. The molecule has 144 valence electrons. The summed E-state index contributed by atoms with van der Waals surface area (Å²) in [5.41, 5.74) is 0.475. The van der Waals surface area contributed by atoms with Crippen molar-refractivity contribution < 1.29 is 17.7 Å². The molecule has 0 saturated heterocycles. The smallest absolute Gasteiger partial charge is 0.264 e. The highest BCUT2D eigenvalue weighted by molar-refractivity contribution is 7.85. The van der Waals surface area contributed by atoms with Crippen LogP contribution >= 0.6 is 0 Å². The molecule has 6 heteroatoms. The van der Waals surface area contributed by atoms with Gasteiger partial charge >= 0.3 is 0 Å². The number of benzene rings is 3. The lowest BCUT2D eigenvalue weighted by molar-refractivity contribution is 0.155. The topological polar surface area (TPSA) is 75.6 Å². The molecule has 5 nitrogen and oxygen atoms in total. The predicted molar refractivity (Wildman–Crippen MR) is 109 cm³/mol. The molecule has 0 fully saturated rings. The fourth-order valence-corrected chi connectivity index (χ4v) is 3.77. The fourth-order valence-electron chi connectivity index (χ4n) is 3.30. The van der Waals surface area contributed by atoms with E-state index in [4.69, 9.17) is 4.18 Å². The Morgan fingerprint density at radius 2 is 1.59 bits per heavy atom. The Kier molecular flexibility index (Phi) is 5.81. The van der Waals surface area contributed by atoms with E-state index in [9.17, 15) is 13.5 Å². The fraction of sp³-hybridized carbons (Fsp3) is 0.333. The Balaban J connectivity index is 1.96. The van der Waals surface area contributed by atoms with Gasteiger partial charge in [-0.15, -0.1) is 0 Å². The molecule has 3 rings (SSSR count). The van der Waals surface area contributed by atoms with Gasteiger partial charge in [-0.3, -0.25) is 4.18 Å². The van der Waals surface area contributed by atoms with Crippen molar-refractivity contribution >= 4 is 31.7 Å². The first-order valence-corrected chi connectivity index (χ1v) is 10.7. The average Bonchev–Trinajstić information content (AvgIpc) is 2.63. The van der Waals surface area contributed by atoms with E-state index >= 15 is 0 Å². The third kappa shape index (κ3) is 4.84. The average molecular weight is 388 g/mol. The van der Waals surface area contributed by atoms with E-state index in [-0.39, 0.29) is 13.2 Å². The summed E-state index contributed by atoms with van der Waals surface area (Å²) in [6, 6.07) is 18.6. The van der Waals surface area contributed by atoms with E-state index < -0.39 is 15.7 Å². The first-order valence-electron chi connectivity index (χ1n) is 8.91. The van der Waals surface area contributed by atoms with Gasteiger partial charge in [0.05, 0.1) is 12.9 Å². The molecule has 0 saturated carbocycles. The number of hydrogen-bond donors (Lipinski definition) is 2. The molecule has 0 bridgehead atoms. The van der Waals surface area contributed by atoms with Crippen LogP contribution in [0.4, 0.5) is 0 Å². The van der Waals surface area contributed by atoms with E-state index in [0.717, 1.165) is 33.4 Å². The molecule has 1 atom stereocenters. The van der Waals surface area contributed by atoms with Crippen molar-refractivity contribution in [3.05, 3.63) is 60.2 Å². The van der Waals surface area contributed by atoms with Crippen LogP contribution in [0.5, 0.6) is 0 Å². The molecular weight excluding hydrogens is 362 g/mol. The molecule has 3 aromatic rings. The Morgan fingerprint density at radius 3 is 2.11 bits per heavy atom. The molecule has 27 heavy (non-hydrogen) atoms. The molecule has 0 heterocycles. The highest BCUT2D eigenvalue weighted by atomic mass is 32.2. The zero-order valence-corrected chi connectivity index (χ0v) is 16.4. The van der Waals surface area contributed by atoms with E-state index in [2.05, 4.69) is 35.6 Å². The van der Waals surface area contributed by atoms with Crippen LogP contribution in [0.1, 0.15) is 18.9 Å². The quantitative estimate of drug-likeness (QED) is 0.459. The summed E-state index contributed by atoms with van der Waals surface area (Å²) in [5, 5.41) is 17.5. The Hall–Kier alpha value is -1.99. The summed E-state index contributed by atoms with van der Waals surface area (Å²) < 4.78 is 27.8. The molecule has 3 aromatic carbocycles. The second-order valence-electron chi connectivity index (χ2n) is 7.15. The van der Waals surface area contributed by atoms with E-state index in [1.54, 1.807) is 0 Å². The molecule has 0 aliphatic carbocycles. The second kappa shape index (κ2) is 7.94. The predicted octanol–water partition coefficient (Wildman–Crippen LogP) is 3.20. The maximum atomic E-state index is 11.4. The molecule has 0 amide bonds. The van der Waals surface area contributed by atoms with Gasteiger partial charge in [-0.2, -0.15) is 8.42 Å². The summed E-state index contributed by atoms with van der Waals surface area (Å²) in [6.07, 6.45) is 1.41. The van der Waals surface area contributed by atoms with E-state index in [1.165, 1.54) is 0 Å². The molecule has 0 aromatic heterocycles. The third-order valence-corrected chi connectivity index (χ3v) is 5.38. The van der Waals surface area contributed by atoms with Crippen LogP contribution in [0.25, 0.3) is 21.5 Å². The number of fused-ring (bicyclic) bond motifs is 2. The van der Waals surface area contributed by atoms with Gasteiger partial charge in [0.2, 0.25) is 0 Å². The van der Waals surface area contributed by atoms with Crippen LogP contribution in [0.15, 0.2) is 54.6 Å². The first kappa shape index (κ1) is 19.8. The lowest BCUT2D eigenvalue weighted by Gasteiger charge is -2.30. The van der Waals surface area contributed by atoms with Gasteiger partial charge < -0.3 is 10.4 Å². The van der Waals surface area contributed by atoms with Crippen LogP contribution in [0.3, 0.4) is 0 Å². The van der Waals surface area contributed by atoms with Crippen molar-refractivity contribution in [2.75, 3.05) is 19.5 Å². The highest BCUT2D eigenvalue weighted by Crippen LogP contribution is 2.29. The number of rotatable bonds is 8. The minimum Gasteiger partial charge on any atom is -0.396 e. The van der Waals surface area contributed by atoms with Crippen molar-refractivity contribution in [2.24, 2.45) is 0 Å². The summed E-state index contributed by atoms with van der Waals surface area (Å²) in [7, 11) is -3.55. The minimum atomic E-state index is -3.55. The van der Waals surface area contributed by atoms with Gasteiger partial charge in [-0.1, -0.05) is 48.5 Å². The van der Waals surface area contributed by atoms with Crippen LogP contribution in [0, 0.1) is 0 Å². The van der Waals surface area contributed by atoms with Crippen LogP contribution in [0.2, 0.25) is 0 Å². The van der Waals surface area contributed by atoms with Crippen molar-refractivity contribution in [3.8, 4) is 0 Å². The molecule has 1 unspecified atom stereocenters. The first-order chi connectivity index (χ1) is 12.8. The van der Waals surface area contributed by atoms with Crippen molar-refractivity contribution in [1.82, 2.24) is 5.32 Å². The zero-order chi connectivity index (χ0) is 19.5. The summed E-state index contributed by atoms with van der Waals surface area (Å²) in [6.45, 7) is 2.30. The highest BCUT2D eigenvalue weighted by Gasteiger charge is 2.26. The zero-order valence-electron chi connectivity index (χ0n) is 15.6. The molecule has 0 radical (unpaired) electrons. The Bertz CT molecular complexity index is 994. The number of aliphatic hydroxyl groups excluding tert-OH is 1. The van der Waals surface area contributed by atoms with E-state index in [0.29, 0.717) is 13.0 Å². The normalized spacial score (nSPS) is 14.5. The maximum absolute atomic E-state index is 11.4. The Labute approximate surface area is 160 Å². The van der Waals surface area contributed by atoms with Crippen LogP contribution in [-0.4, -0.2) is 38.5 Å². The molecular formula is C21H25NO4S. The summed E-state index contributed by atoms with van der Waals surface area (Å²) >= 11 is 0. The van der Waals surface area contributed by atoms with Gasteiger partial charge in [0.25, 0.3) is 10.1 Å². The van der Waals surface area contributed by atoms with Crippen LogP contribution in [-0.2, 0) is 20.8 Å². The lowest BCUT2D eigenvalue weighted by Crippen LogP contribution is -2.47. The summed E-state index contributed by atoms with van der Waals surface area (Å²) in [4.78, 5) is 0. The third-order valence-electron chi connectivity index (χ3n) is 4.83. The van der Waals surface area contributed by atoms with Gasteiger partial charge in [-0.25, -0.2) is 0 Å². The maximum Gasteiger partial charge on any atom is 0.264 e. The lowest BCUT2D eigenvalue weighted by atomic mass is 9.94.